The largest absolute Gasteiger partial charge is 0.494 e. The van der Waals surface area contributed by atoms with E-state index in [-0.39, 0.29) is 23.3 Å². The normalized spacial score (nSPS) is 11.7. The lowest BCUT2D eigenvalue weighted by Gasteiger charge is -2.20. The molecule has 1 N–H and O–H groups in total. The highest BCUT2D eigenvalue weighted by molar-refractivity contribution is 5.94. The highest BCUT2D eigenvalue weighted by Crippen LogP contribution is 2.24. The van der Waals surface area contributed by atoms with Gasteiger partial charge in [0.2, 0.25) is 0 Å². The number of ether oxygens (including phenoxy) is 1. The van der Waals surface area contributed by atoms with Crippen LogP contribution in [0.25, 0.3) is 0 Å². The SMILES string of the molecule is COc1ccc(C(=O)NC(c2ccccc2)c2ccc(C)cc2)cc1F. The molecule has 0 aromatic heterocycles. The number of rotatable bonds is 5. The van der Waals surface area contributed by atoms with Crippen molar-refractivity contribution in [2.75, 3.05) is 7.11 Å². The van der Waals surface area contributed by atoms with Crippen LogP contribution in [0.3, 0.4) is 0 Å². The molecule has 0 heterocycles. The van der Waals surface area contributed by atoms with Crippen LogP contribution in [0.1, 0.15) is 33.1 Å². The summed E-state index contributed by atoms with van der Waals surface area (Å²) in [5.41, 5.74) is 3.31. The summed E-state index contributed by atoms with van der Waals surface area (Å²) >= 11 is 0. The molecule has 3 nitrogen and oxygen atoms in total. The molecule has 0 saturated carbocycles. The molecule has 0 radical (unpaired) electrons. The van der Waals surface area contributed by atoms with E-state index in [0.717, 1.165) is 16.7 Å². The van der Waals surface area contributed by atoms with Gasteiger partial charge in [-0.2, -0.15) is 0 Å². The zero-order valence-corrected chi connectivity index (χ0v) is 14.7. The quantitative estimate of drug-likeness (QED) is 0.727. The van der Waals surface area contributed by atoms with Gasteiger partial charge in [-0.3, -0.25) is 4.79 Å². The summed E-state index contributed by atoms with van der Waals surface area (Å²) in [5, 5.41) is 3.00. The smallest absolute Gasteiger partial charge is 0.252 e. The molecule has 3 rings (SSSR count). The van der Waals surface area contributed by atoms with Crippen molar-refractivity contribution in [2.24, 2.45) is 0 Å². The maximum atomic E-state index is 13.9. The third kappa shape index (κ3) is 3.91. The lowest BCUT2D eigenvalue weighted by atomic mass is 9.97. The molecule has 0 bridgehead atoms. The summed E-state index contributed by atoms with van der Waals surface area (Å²) in [7, 11) is 1.39. The third-order valence-electron chi connectivity index (χ3n) is 4.23. The number of nitrogens with one attached hydrogen (secondary N) is 1. The number of hydrogen-bond acceptors (Lipinski definition) is 2. The van der Waals surface area contributed by atoms with Crippen molar-refractivity contribution in [3.8, 4) is 5.75 Å². The highest BCUT2D eigenvalue weighted by Gasteiger charge is 2.18. The molecule has 3 aromatic carbocycles. The van der Waals surface area contributed by atoms with E-state index in [9.17, 15) is 9.18 Å². The minimum atomic E-state index is -0.563. The van der Waals surface area contributed by atoms with Gasteiger partial charge in [-0.25, -0.2) is 4.39 Å². The van der Waals surface area contributed by atoms with Gasteiger partial charge >= 0.3 is 0 Å². The molecule has 26 heavy (non-hydrogen) atoms. The van der Waals surface area contributed by atoms with Crippen molar-refractivity contribution in [3.05, 3.63) is 101 Å². The van der Waals surface area contributed by atoms with E-state index in [0.29, 0.717) is 0 Å². The lowest BCUT2D eigenvalue weighted by Crippen LogP contribution is -2.29. The van der Waals surface area contributed by atoms with E-state index < -0.39 is 5.82 Å². The Hall–Kier alpha value is -3.14. The molecule has 132 valence electrons. The maximum Gasteiger partial charge on any atom is 0.252 e. The summed E-state index contributed by atoms with van der Waals surface area (Å²) in [5.74, 6) is -0.799. The molecular formula is C22H20FNO2. The minimum absolute atomic E-state index is 0.111. The maximum absolute atomic E-state index is 13.9. The molecule has 0 fully saturated rings. The van der Waals surface area contributed by atoms with Crippen LogP contribution >= 0.6 is 0 Å². The van der Waals surface area contributed by atoms with Crippen LogP contribution in [0.15, 0.2) is 72.8 Å². The van der Waals surface area contributed by atoms with Gasteiger partial charge < -0.3 is 10.1 Å². The van der Waals surface area contributed by atoms with Crippen LogP contribution in [0.2, 0.25) is 0 Å². The van der Waals surface area contributed by atoms with E-state index in [1.54, 1.807) is 6.07 Å². The Kier molecular flexibility index (Phi) is 5.32. The van der Waals surface area contributed by atoms with E-state index in [4.69, 9.17) is 4.74 Å². The van der Waals surface area contributed by atoms with Crippen LogP contribution < -0.4 is 10.1 Å². The van der Waals surface area contributed by atoms with E-state index in [2.05, 4.69) is 5.32 Å². The molecule has 1 atom stereocenters. The summed E-state index contributed by atoms with van der Waals surface area (Å²) < 4.78 is 18.8. The third-order valence-corrected chi connectivity index (χ3v) is 4.23. The first-order chi connectivity index (χ1) is 12.6. The second-order valence-electron chi connectivity index (χ2n) is 6.08. The average Bonchev–Trinajstić information content (AvgIpc) is 2.67. The fourth-order valence-corrected chi connectivity index (χ4v) is 2.79. The Labute approximate surface area is 152 Å². The summed E-state index contributed by atoms with van der Waals surface area (Å²) in [6.45, 7) is 2.01. The fraction of sp³-hybridized carbons (Fsp3) is 0.136. The number of carbonyl (C=O) groups is 1. The second-order valence-corrected chi connectivity index (χ2v) is 6.08. The first-order valence-electron chi connectivity index (χ1n) is 8.34. The number of amides is 1. The second kappa shape index (κ2) is 7.83. The van der Waals surface area contributed by atoms with Gasteiger partial charge in [0.1, 0.15) is 0 Å². The molecular weight excluding hydrogens is 329 g/mol. The zero-order chi connectivity index (χ0) is 18.5. The molecule has 3 aromatic rings. The summed E-state index contributed by atoms with van der Waals surface area (Å²) in [6.07, 6.45) is 0. The standard InChI is InChI=1S/C22H20FNO2/c1-15-8-10-17(11-9-15)21(16-6-4-3-5-7-16)24-22(25)18-12-13-20(26-2)19(23)14-18/h3-14,21H,1-2H3,(H,24,25). The molecule has 0 aliphatic heterocycles. The number of benzene rings is 3. The lowest BCUT2D eigenvalue weighted by molar-refractivity contribution is 0.0942. The van der Waals surface area contributed by atoms with Crippen molar-refractivity contribution >= 4 is 5.91 Å². The monoisotopic (exact) mass is 349 g/mol. The van der Waals surface area contributed by atoms with Gasteiger partial charge in [0.05, 0.1) is 13.2 Å². The average molecular weight is 349 g/mol. The van der Waals surface area contributed by atoms with Crippen LogP contribution in [-0.2, 0) is 0 Å². The molecule has 0 saturated heterocycles. The Bertz CT molecular complexity index is 892. The Morgan fingerprint density at radius 1 is 0.962 bits per heavy atom. The predicted octanol–water partition coefficient (Wildman–Crippen LogP) is 4.66. The first kappa shape index (κ1) is 17.7. The van der Waals surface area contributed by atoms with Crippen LogP contribution in [0.5, 0.6) is 5.75 Å². The van der Waals surface area contributed by atoms with Gasteiger partial charge in [-0.1, -0.05) is 60.2 Å². The number of halogens is 1. The summed E-state index contributed by atoms with van der Waals surface area (Å²) in [4.78, 5) is 12.7. The van der Waals surface area contributed by atoms with Gasteiger partial charge in [-0.05, 0) is 36.2 Å². The predicted molar refractivity (Wildman–Crippen MR) is 99.9 cm³/mol. The van der Waals surface area contributed by atoms with Crippen LogP contribution in [0.4, 0.5) is 4.39 Å². The molecule has 0 aliphatic carbocycles. The fourth-order valence-electron chi connectivity index (χ4n) is 2.79. The van der Waals surface area contributed by atoms with Crippen molar-refractivity contribution in [1.29, 1.82) is 0 Å². The molecule has 0 aliphatic rings. The van der Waals surface area contributed by atoms with E-state index in [1.807, 2.05) is 61.5 Å². The van der Waals surface area contributed by atoms with E-state index >= 15 is 0 Å². The van der Waals surface area contributed by atoms with Gasteiger partial charge in [0.25, 0.3) is 5.91 Å². The number of aryl methyl sites for hydroxylation is 1. The van der Waals surface area contributed by atoms with Crippen LogP contribution in [-0.4, -0.2) is 13.0 Å². The van der Waals surface area contributed by atoms with Gasteiger partial charge in [0, 0.05) is 5.56 Å². The van der Waals surface area contributed by atoms with Gasteiger partial charge in [0.15, 0.2) is 11.6 Å². The molecule has 4 heteroatoms. The highest BCUT2D eigenvalue weighted by atomic mass is 19.1. The van der Waals surface area contributed by atoms with E-state index in [1.165, 1.54) is 19.2 Å². The number of methoxy groups -OCH3 is 1. The molecule has 1 amide bonds. The minimum Gasteiger partial charge on any atom is -0.494 e. The van der Waals surface area contributed by atoms with Crippen molar-refractivity contribution in [2.45, 2.75) is 13.0 Å². The Morgan fingerprint density at radius 3 is 2.23 bits per heavy atom. The van der Waals surface area contributed by atoms with Crippen molar-refractivity contribution in [1.82, 2.24) is 5.32 Å². The molecule has 1 unspecified atom stereocenters. The first-order valence-corrected chi connectivity index (χ1v) is 8.34. The van der Waals surface area contributed by atoms with Crippen LogP contribution in [0, 0.1) is 12.7 Å². The Balaban J connectivity index is 1.91. The zero-order valence-electron chi connectivity index (χ0n) is 14.7. The topological polar surface area (TPSA) is 38.3 Å². The number of hydrogen-bond donors (Lipinski definition) is 1. The Morgan fingerprint density at radius 2 is 1.62 bits per heavy atom. The number of carbonyl (C=O) groups excluding carboxylic acids is 1. The molecule has 0 spiro atoms. The van der Waals surface area contributed by atoms with Gasteiger partial charge in [-0.15, -0.1) is 0 Å². The van der Waals surface area contributed by atoms with Crippen molar-refractivity contribution < 1.29 is 13.9 Å². The van der Waals surface area contributed by atoms with Crippen molar-refractivity contribution in [3.63, 3.8) is 0 Å². The summed E-state index contributed by atoms with van der Waals surface area (Å²) in [6, 6.07) is 21.5.